The molecule has 241 valence electrons. The van der Waals surface area contributed by atoms with Crippen molar-refractivity contribution in [2.75, 3.05) is 0 Å². The smallest absolute Gasteiger partial charge is 0.337 e. The molecule has 3 aromatic carbocycles. The van der Waals surface area contributed by atoms with Gasteiger partial charge in [-0.05, 0) is 60.0 Å². The average molecular weight is 764 g/mol. The van der Waals surface area contributed by atoms with Crippen LogP contribution in [0.15, 0.2) is 152 Å². The molecule has 0 fully saturated rings. The minimum absolute atomic E-state index is 0. The van der Waals surface area contributed by atoms with Crippen LogP contribution in [-0.2, 0) is 19.5 Å². The Morgan fingerprint density at radius 1 is 0.392 bits per heavy atom. The number of hydrogen-bond donors (Lipinski definition) is 1. The molecule has 8 aromatic heterocycles. The Balaban J connectivity index is 0.000000114. The fourth-order valence-corrected chi connectivity index (χ4v) is 6.90. The summed E-state index contributed by atoms with van der Waals surface area (Å²) in [5.74, 6) is 0.895. The average Bonchev–Trinajstić information content (AvgIpc) is 3.90. The molecule has 51 heavy (non-hydrogen) atoms. The topological polar surface area (TPSA) is 106 Å². The number of fused-ring (bicyclic) bond motifs is 12. The van der Waals surface area contributed by atoms with Gasteiger partial charge < -0.3 is 4.98 Å². The first kappa shape index (κ1) is 32.1. The summed E-state index contributed by atoms with van der Waals surface area (Å²) in [6.07, 6.45) is 10.8. The van der Waals surface area contributed by atoms with Crippen molar-refractivity contribution in [3.05, 3.63) is 152 Å². The van der Waals surface area contributed by atoms with Crippen LogP contribution in [0, 0.1) is 0 Å². The van der Waals surface area contributed by atoms with Crippen molar-refractivity contribution < 1.29 is 19.5 Å². The summed E-state index contributed by atoms with van der Waals surface area (Å²) in [4.78, 5) is 35.8. The number of aromatic amines is 1. The molecule has 0 spiro atoms. The summed E-state index contributed by atoms with van der Waals surface area (Å²) < 4.78 is 0. The van der Waals surface area contributed by atoms with Crippen LogP contribution >= 0.6 is 11.3 Å². The van der Waals surface area contributed by atoms with Crippen LogP contribution in [-0.4, -0.2) is 39.9 Å². The van der Waals surface area contributed by atoms with Gasteiger partial charge in [-0.15, -0.1) is 11.3 Å². The molecule has 1 N–H and O–H groups in total. The molecule has 11 rings (SSSR count). The third-order valence-corrected chi connectivity index (χ3v) is 9.39. The van der Waals surface area contributed by atoms with Crippen molar-refractivity contribution in [2.45, 2.75) is 0 Å². The van der Waals surface area contributed by atoms with Crippen LogP contribution in [0.5, 0.6) is 0 Å². The summed E-state index contributed by atoms with van der Waals surface area (Å²) >= 11 is 1.68. The maximum Gasteiger partial charge on any atom is 3.00 e. The summed E-state index contributed by atoms with van der Waals surface area (Å²) in [6.45, 7) is 0. The van der Waals surface area contributed by atoms with Gasteiger partial charge in [0.2, 0.25) is 0 Å². The Morgan fingerprint density at radius 3 is 1.25 bits per heavy atom. The molecule has 0 amide bonds. The van der Waals surface area contributed by atoms with E-state index in [9.17, 15) is 0 Å². The van der Waals surface area contributed by atoms with Crippen molar-refractivity contribution in [1.82, 2.24) is 39.9 Å². The third kappa shape index (κ3) is 6.05. The van der Waals surface area contributed by atoms with E-state index in [2.05, 4.69) is 107 Å². The molecule has 0 aliphatic rings. The van der Waals surface area contributed by atoms with Crippen LogP contribution < -0.4 is 0 Å². The molecule has 0 bridgehead atoms. The third-order valence-electron chi connectivity index (χ3n) is 8.51. The van der Waals surface area contributed by atoms with Gasteiger partial charge in [0, 0.05) is 69.5 Å². The molecule has 10 heteroatoms. The zero-order valence-corrected chi connectivity index (χ0v) is 29.4. The zero-order valence-electron chi connectivity index (χ0n) is 26.8. The van der Waals surface area contributed by atoms with E-state index in [0.717, 1.165) is 87.2 Å². The standard InChI is InChI=1S/C17H10N4S.2C12H8N2.Ru/c1-4-10-13(18-7-1)14-11(5-2-8-19-14)16-15(10)20-17(21-16)12-6-3-9-22-12;2*1-3-9-5-6-10-4-2-8-14-12(10)11(9)13-7-1;/h1-9H,(H,20,21);2*1-8H;/q;;;+3. The number of rotatable bonds is 1. The number of benzene rings is 3. The van der Waals surface area contributed by atoms with Crippen LogP contribution in [0.3, 0.4) is 0 Å². The molecular formula is C41H26N8RuS+3. The van der Waals surface area contributed by atoms with Gasteiger partial charge in [-0.25, -0.2) is 4.98 Å². The Morgan fingerprint density at radius 2 is 0.804 bits per heavy atom. The van der Waals surface area contributed by atoms with E-state index in [1.165, 1.54) is 0 Å². The monoisotopic (exact) mass is 764 g/mol. The van der Waals surface area contributed by atoms with Gasteiger partial charge in [0.05, 0.1) is 49.0 Å². The molecule has 0 atom stereocenters. The number of imidazole rings is 1. The molecule has 0 aliphatic carbocycles. The van der Waals surface area contributed by atoms with E-state index in [-0.39, 0.29) is 19.5 Å². The van der Waals surface area contributed by atoms with Crippen molar-refractivity contribution in [2.24, 2.45) is 0 Å². The van der Waals surface area contributed by atoms with Gasteiger partial charge in [0.1, 0.15) is 5.82 Å². The summed E-state index contributed by atoms with van der Waals surface area (Å²) in [5, 5.41) is 8.69. The SMILES string of the molecule is [Ru+3].c1cnc2c(c1)ccc1cccnc12.c1cnc2c(c1)ccc1cccnc12.c1csc(-c2nc3c4cccnc4c4ncccc4c3[nH]2)c1. The number of nitrogens with one attached hydrogen (secondary N) is 1. The fraction of sp³-hybridized carbons (Fsp3) is 0. The molecule has 0 aliphatic heterocycles. The predicted molar refractivity (Wildman–Crippen MR) is 204 cm³/mol. The molecule has 1 radical (unpaired) electrons. The first-order valence-electron chi connectivity index (χ1n) is 16.0. The minimum Gasteiger partial charge on any atom is -0.337 e. The van der Waals surface area contributed by atoms with Crippen LogP contribution in [0.2, 0.25) is 0 Å². The van der Waals surface area contributed by atoms with E-state index in [1.54, 1.807) is 48.5 Å². The molecule has 0 saturated carbocycles. The molecule has 0 saturated heterocycles. The Hall–Kier alpha value is -6.09. The molecule has 11 aromatic rings. The van der Waals surface area contributed by atoms with Gasteiger partial charge >= 0.3 is 19.5 Å². The van der Waals surface area contributed by atoms with E-state index in [1.807, 2.05) is 42.5 Å². The summed E-state index contributed by atoms with van der Waals surface area (Å²) in [7, 11) is 0. The first-order valence-corrected chi connectivity index (χ1v) is 16.9. The van der Waals surface area contributed by atoms with E-state index in [0.29, 0.717) is 0 Å². The quantitative estimate of drug-likeness (QED) is 0.131. The van der Waals surface area contributed by atoms with Crippen LogP contribution in [0.4, 0.5) is 0 Å². The molecule has 8 heterocycles. The van der Waals surface area contributed by atoms with Gasteiger partial charge in [0.15, 0.2) is 0 Å². The molecule has 0 unspecified atom stereocenters. The summed E-state index contributed by atoms with van der Waals surface area (Å²) in [6, 6.07) is 36.4. The van der Waals surface area contributed by atoms with E-state index in [4.69, 9.17) is 4.98 Å². The van der Waals surface area contributed by atoms with Gasteiger partial charge in [-0.2, -0.15) is 0 Å². The number of H-pyrrole nitrogens is 1. The number of nitrogens with zero attached hydrogens (tertiary/aromatic N) is 7. The predicted octanol–water partition coefficient (Wildman–Crippen LogP) is 9.95. The van der Waals surface area contributed by atoms with Gasteiger partial charge in [-0.1, -0.05) is 54.6 Å². The van der Waals surface area contributed by atoms with Crippen molar-refractivity contribution in [3.63, 3.8) is 0 Å². The second-order valence-corrected chi connectivity index (χ2v) is 12.5. The second-order valence-electron chi connectivity index (χ2n) is 11.5. The maximum absolute atomic E-state index is 4.82. The van der Waals surface area contributed by atoms with Crippen molar-refractivity contribution in [1.29, 1.82) is 0 Å². The number of hydrogen-bond acceptors (Lipinski definition) is 8. The number of thiophene rings is 1. The Kier molecular flexibility index (Phi) is 8.84. The fourth-order valence-electron chi connectivity index (χ4n) is 6.23. The molecular weight excluding hydrogens is 738 g/mol. The van der Waals surface area contributed by atoms with Crippen LogP contribution in [0.1, 0.15) is 0 Å². The van der Waals surface area contributed by atoms with Gasteiger partial charge in [-0.3, -0.25) is 29.9 Å². The van der Waals surface area contributed by atoms with Crippen molar-refractivity contribution in [3.8, 4) is 10.7 Å². The summed E-state index contributed by atoms with van der Waals surface area (Å²) in [5.41, 5.74) is 7.69. The second kappa shape index (κ2) is 14.0. The van der Waals surface area contributed by atoms with E-state index >= 15 is 0 Å². The minimum atomic E-state index is 0. The number of pyridine rings is 6. The molecule has 8 nitrogen and oxygen atoms in total. The normalized spacial score (nSPS) is 11.0. The van der Waals surface area contributed by atoms with Gasteiger partial charge in [0.25, 0.3) is 0 Å². The Bertz CT molecular complexity index is 2670. The van der Waals surface area contributed by atoms with Crippen LogP contribution in [0.25, 0.3) is 87.2 Å². The largest absolute Gasteiger partial charge is 3.00 e. The number of aromatic nitrogens is 8. The maximum atomic E-state index is 4.82. The first-order chi connectivity index (χ1) is 24.8. The van der Waals surface area contributed by atoms with Crippen molar-refractivity contribution >= 4 is 87.8 Å². The Labute approximate surface area is 308 Å². The van der Waals surface area contributed by atoms with E-state index < -0.39 is 0 Å². The zero-order chi connectivity index (χ0) is 33.3.